The minimum Gasteiger partial charge on any atom is -0.444 e. The molecular weight excluding hydrogens is 478 g/mol. The van der Waals surface area contributed by atoms with E-state index < -0.39 is 23.8 Å². The number of hydrogen-bond donors (Lipinski definition) is 2. The highest BCUT2D eigenvalue weighted by molar-refractivity contribution is 6.00. The molecule has 1 fully saturated rings. The minimum absolute atomic E-state index is 0.0854. The summed E-state index contributed by atoms with van der Waals surface area (Å²) < 4.78 is 5.46. The fourth-order valence-corrected chi connectivity index (χ4v) is 4.67. The lowest BCUT2D eigenvalue weighted by Gasteiger charge is -2.36. The third-order valence-corrected chi connectivity index (χ3v) is 7.00. The maximum Gasteiger partial charge on any atom is 0.408 e. The molecule has 0 spiro atoms. The van der Waals surface area contributed by atoms with Gasteiger partial charge in [0.15, 0.2) is 0 Å². The first-order valence-corrected chi connectivity index (χ1v) is 13.5. The van der Waals surface area contributed by atoms with Gasteiger partial charge in [0.2, 0.25) is 5.91 Å². The summed E-state index contributed by atoms with van der Waals surface area (Å²) in [6, 6.07) is 9.94. The molecule has 0 aromatic heterocycles. The third kappa shape index (κ3) is 6.94. The summed E-state index contributed by atoms with van der Waals surface area (Å²) in [5, 5.41) is 5.93. The zero-order chi connectivity index (χ0) is 28.4. The first kappa shape index (κ1) is 29.2. The van der Waals surface area contributed by atoms with E-state index in [0.717, 1.165) is 46.3 Å². The second-order valence-corrected chi connectivity index (χ2v) is 11.8. The maximum absolute atomic E-state index is 14.2. The van der Waals surface area contributed by atoms with Crippen molar-refractivity contribution in [3.8, 4) is 0 Å². The largest absolute Gasteiger partial charge is 0.444 e. The number of amides is 3. The Morgan fingerprint density at radius 3 is 2.00 bits per heavy atom. The van der Waals surface area contributed by atoms with Crippen LogP contribution in [0.2, 0.25) is 0 Å². The maximum atomic E-state index is 14.2. The molecule has 2 unspecified atom stereocenters. The summed E-state index contributed by atoms with van der Waals surface area (Å²) in [5.41, 5.74) is 4.76. The average Bonchev–Trinajstić information content (AvgIpc) is 3.64. The van der Waals surface area contributed by atoms with Crippen LogP contribution < -0.4 is 10.6 Å². The monoisotopic (exact) mass is 521 g/mol. The molecule has 3 rings (SSSR count). The normalized spacial score (nSPS) is 15.0. The fourth-order valence-electron chi connectivity index (χ4n) is 4.67. The number of nitrogens with one attached hydrogen (secondary N) is 2. The van der Waals surface area contributed by atoms with Crippen LogP contribution in [0.3, 0.4) is 0 Å². The van der Waals surface area contributed by atoms with E-state index in [1.165, 1.54) is 0 Å². The van der Waals surface area contributed by atoms with Crippen molar-refractivity contribution >= 4 is 23.6 Å². The van der Waals surface area contributed by atoms with E-state index >= 15 is 0 Å². The van der Waals surface area contributed by atoms with Crippen LogP contribution in [-0.4, -0.2) is 40.5 Å². The molecule has 1 aliphatic carbocycles. The van der Waals surface area contributed by atoms with Gasteiger partial charge in [0.1, 0.15) is 17.7 Å². The van der Waals surface area contributed by atoms with Crippen LogP contribution in [0.15, 0.2) is 36.4 Å². The average molecular weight is 522 g/mol. The summed E-state index contributed by atoms with van der Waals surface area (Å²) in [7, 11) is 0. The summed E-state index contributed by atoms with van der Waals surface area (Å²) >= 11 is 0. The molecule has 2 atom stereocenters. The van der Waals surface area contributed by atoms with E-state index in [1.54, 1.807) is 25.7 Å². The molecule has 0 radical (unpaired) electrons. The Labute approximate surface area is 227 Å². The predicted octanol–water partition coefficient (Wildman–Crippen LogP) is 6.14. The van der Waals surface area contributed by atoms with Gasteiger partial charge in [-0.25, -0.2) is 4.79 Å². The molecule has 2 N–H and O–H groups in total. The van der Waals surface area contributed by atoms with E-state index in [0.29, 0.717) is 0 Å². The molecule has 7 nitrogen and oxygen atoms in total. The van der Waals surface area contributed by atoms with Gasteiger partial charge in [-0.1, -0.05) is 50.2 Å². The van der Waals surface area contributed by atoms with Crippen LogP contribution in [0.1, 0.15) is 81.3 Å². The third-order valence-electron chi connectivity index (χ3n) is 7.00. The van der Waals surface area contributed by atoms with Crippen molar-refractivity contribution in [1.82, 2.24) is 10.2 Å². The van der Waals surface area contributed by atoms with Crippen molar-refractivity contribution in [1.29, 1.82) is 0 Å². The smallest absolute Gasteiger partial charge is 0.408 e. The van der Waals surface area contributed by atoms with Gasteiger partial charge in [0, 0.05) is 11.7 Å². The molecule has 3 amide bonds. The topological polar surface area (TPSA) is 87.7 Å². The van der Waals surface area contributed by atoms with Crippen molar-refractivity contribution in [2.75, 3.05) is 5.32 Å². The molecule has 1 aliphatic rings. The zero-order valence-electron chi connectivity index (χ0n) is 24.3. The van der Waals surface area contributed by atoms with Crippen molar-refractivity contribution in [3.05, 3.63) is 64.2 Å². The van der Waals surface area contributed by atoms with Gasteiger partial charge in [-0.2, -0.15) is 0 Å². The van der Waals surface area contributed by atoms with Crippen molar-refractivity contribution < 1.29 is 19.1 Å². The Bertz CT molecular complexity index is 1170. The van der Waals surface area contributed by atoms with Gasteiger partial charge >= 0.3 is 6.09 Å². The van der Waals surface area contributed by atoms with Crippen LogP contribution in [0, 0.1) is 33.6 Å². The molecule has 2 aromatic rings. The minimum atomic E-state index is -0.851. The van der Waals surface area contributed by atoms with Crippen LogP contribution >= 0.6 is 0 Å². The summed E-state index contributed by atoms with van der Waals surface area (Å²) in [4.78, 5) is 42.8. The van der Waals surface area contributed by atoms with Crippen molar-refractivity contribution in [2.24, 2.45) is 5.92 Å². The highest BCUT2D eigenvalue weighted by Gasteiger charge is 2.45. The number of aryl methyl sites for hydroxylation is 3. The number of nitrogens with zero attached hydrogens (tertiary/aromatic N) is 1. The molecule has 38 heavy (non-hydrogen) atoms. The summed E-state index contributed by atoms with van der Waals surface area (Å²) in [5.74, 6) is -0.760. The lowest BCUT2D eigenvalue weighted by atomic mass is 9.93. The summed E-state index contributed by atoms with van der Waals surface area (Å²) in [6.07, 6.45) is 0.964. The molecule has 0 bridgehead atoms. The van der Waals surface area contributed by atoms with Gasteiger partial charge in [0.25, 0.3) is 5.91 Å². The number of anilines is 1. The van der Waals surface area contributed by atoms with E-state index in [4.69, 9.17) is 4.74 Å². The number of ether oxygens (including phenoxy) is 1. The Morgan fingerprint density at radius 2 is 1.47 bits per heavy atom. The SMILES string of the molecule is Cc1cccc(C(C(=O)Nc2c(C)cccc2C)N(C(=O)C(NC(=O)OC(C)(C)C)C(C)C)C2CC2)c1C. The second-order valence-electron chi connectivity index (χ2n) is 11.8. The van der Waals surface area contributed by atoms with Crippen LogP contribution in [0.4, 0.5) is 10.5 Å². The van der Waals surface area contributed by atoms with E-state index in [-0.39, 0.29) is 23.8 Å². The molecule has 2 aromatic carbocycles. The number of carbonyl (C=O) groups excluding carboxylic acids is 3. The summed E-state index contributed by atoms with van der Waals surface area (Å²) in [6.45, 7) is 17.0. The Morgan fingerprint density at radius 1 is 0.921 bits per heavy atom. The number of rotatable bonds is 8. The van der Waals surface area contributed by atoms with Crippen LogP contribution in [-0.2, 0) is 14.3 Å². The van der Waals surface area contributed by atoms with E-state index in [9.17, 15) is 14.4 Å². The second kappa shape index (κ2) is 11.6. The molecule has 206 valence electrons. The van der Waals surface area contributed by atoms with Gasteiger partial charge in [0.05, 0.1) is 0 Å². The highest BCUT2D eigenvalue weighted by atomic mass is 16.6. The number of benzene rings is 2. The van der Waals surface area contributed by atoms with Gasteiger partial charge in [-0.05, 0) is 95.0 Å². The van der Waals surface area contributed by atoms with Crippen molar-refractivity contribution in [2.45, 2.75) is 98.9 Å². The standard InChI is InChI=1S/C31H43N3O4/c1-18(2)25(33-30(37)38-31(7,8)9)29(36)34(23-16-17-23)27(24-15-11-12-19(3)22(24)6)28(35)32-26-20(4)13-10-14-21(26)5/h10-15,18,23,25,27H,16-17H2,1-9H3,(H,32,35)(H,33,37). The fraction of sp³-hybridized carbons (Fsp3) is 0.516. The molecule has 0 aliphatic heterocycles. The highest BCUT2D eigenvalue weighted by Crippen LogP contribution is 2.38. The first-order chi connectivity index (χ1) is 17.7. The molecule has 0 saturated heterocycles. The van der Waals surface area contributed by atoms with E-state index in [2.05, 4.69) is 10.6 Å². The van der Waals surface area contributed by atoms with Crippen LogP contribution in [0.25, 0.3) is 0 Å². The number of alkyl carbamates (subject to hydrolysis) is 1. The number of carbonyl (C=O) groups is 3. The Kier molecular flexibility index (Phi) is 8.90. The predicted molar refractivity (Wildman–Crippen MR) is 151 cm³/mol. The van der Waals surface area contributed by atoms with Gasteiger partial charge < -0.3 is 20.3 Å². The van der Waals surface area contributed by atoms with Gasteiger partial charge in [-0.15, -0.1) is 0 Å². The molecular formula is C31H43N3O4. The molecule has 0 heterocycles. The van der Waals surface area contributed by atoms with E-state index in [1.807, 2.05) is 77.9 Å². The Hall–Kier alpha value is -3.35. The first-order valence-electron chi connectivity index (χ1n) is 13.5. The lowest BCUT2D eigenvalue weighted by Crippen LogP contribution is -2.55. The quantitative estimate of drug-likeness (QED) is 0.437. The lowest BCUT2D eigenvalue weighted by molar-refractivity contribution is -0.142. The molecule has 1 saturated carbocycles. The molecule has 7 heteroatoms. The zero-order valence-corrected chi connectivity index (χ0v) is 24.3. The van der Waals surface area contributed by atoms with Gasteiger partial charge in [-0.3, -0.25) is 9.59 Å². The van der Waals surface area contributed by atoms with Crippen LogP contribution in [0.5, 0.6) is 0 Å². The number of hydrogen-bond acceptors (Lipinski definition) is 4. The number of para-hydroxylation sites is 1. The Balaban J connectivity index is 2.06. The van der Waals surface area contributed by atoms with Crippen molar-refractivity contribution in [3.63, 3.8) is 0 Å².